The van der Waals surface area contributed by atoms with Gasteiger partial charge >= 0.3 is 6.18 Å². The minimum atomic E-state index is -4.57. The molecule has 1 aromatic carbocycles. The lowest BCUT2D eigenvalue weighted by Gasteiger charge is -2.10. The second kappa shape index (κ2) is 5.98. The van der Waals surface area contributed by atoms with Crippen LogP contribution < -0.4 is 10.0 Å². The Morgan fingerprint density at radius 3 is 2.45 bits per heavy atom. The highest BCUT2D eigenvalue weighted by Gasteiger charge is 2.28. The van der Waals surface area contributed by atoms with Crippen molar-refractivity contribution in [1.29, 1.82) is 0 Å². The van der Waals surface area contributed by atoms with Crippen molar-refractivity contribution in [2.24, 2.45) is 0 Å². The second-order valence-electron chi connectivity index (χ2n) is 3.65. The zero-order valence-electron chi connectivity index (χ0n) is 10.1. The number of hydrogen-bond donors (Lipinski definition) is 2. The summed E-state index contributed by atoms with van der Waals surface area (Å²) in [6.07, 6.45) is -4.57. The molecule has 0 saturated carbocycles. The summed E-state index contributed by atoms with van der Waals surface area (Å²) in [6.45, 7) is -1.54. The van der Waals surface area contributed by atoms with Crippen LogP contribution in [0.5, 0.6) is 0 Å². The van der Waals surface area contributed by atoms with E-state index in [0.29, 0.717) is 0 Å². The van der Waals surface area contributed by atoms with Gasteiger partial charge in [-0.25, -0.2) is 13.1 Å². The Morgan fingerprint density at radius 1 is 1.35 bits per heavy atom. The zero-order valence-corrected chi connectivity index (χ0v) is 11.7. The molecule has 20 heavy (non-hydrogen) atoms. The molecule has 112 valence electrons. The average Bonchev–Trinajstić information content (AvgIpc) is 2.35. The Labute approximate surface area is 118 Å². The number of halogens is 4. The lowest BCUT2D eigenvalue weighted by Crippen LogP contribution is -2.34. The molecular formula is C10H10ClF3N2O3S. The van der Waals surface area contributed by atoms with Crippen LogP contribution >= 0.6 is 11.6 Å². The second-order valence-corrected chi connectivity index (χ2v) is 5.94. The molecule has 0 fully saturated rings. The number of nitrogens with one attached hydrogen (secondary N) is 2. The van der Waals surface area contributed by atoms with Gasteiger partial charge in [0, 0.05) is 0 Å². The molecule has 0 spiro atoms. The molecule has 0 aliphatic heterocycles. The minimum absolute atomic E-state index is 0.153. The van der Waals surface area contributed by atoms with Crippen molar-refractivity contribution in [3.63, 3.8) is 0 Å². The third kappa shape index (κ3) is 4.36. The van der Waals surface area contributed by atoms with Gasteiger partial charge in [0.15, 0.2) is 0 Å². The van der Waals surface area contributed by atoms with Gasteiger partial charge in [0.2, 0.25) is 10.0 Å². The highest BCUT2D eigenvalue weighted by Crippen LogP contribution is 2.21. The van der Waals surface area contributed by atoms with E-state index in [0.717, 1.165) is 25.2 Å². The van der Waals surface area contributed by atoms with Crippen LogP contribution in [0.2, 0.25) is 5.02 Å². The smallest absolute Gasteiger partial charge is 0.343 e. The van der Waals surface area contributed by atoms with Gasteiger partial charge in [0.25, 0.3) is 5.91 Å². The Bertz CT molecular complexity index is 617. The van der Waals surface area contributed by atoms with E-state index in [1.165, 1.54) is 0 Å². The predicted molar refractivity (Wildman–Crippen MR) is 66.1 cm³/mol. The number of benzene rings is 1. The zero-order chi connectivity index (χ0) is 15.6. The first kappa shape index (κ1) is 16.7. The summed E-state index contributed by atoms with van der Waals surface area (Å²) >= 11 is 5.68. The summed E-state index contributed by atoms with van der Waals surface area (Å²) in [6, 6.07) is 3.16. The lowest BCUT2D eigenvalue weighted by atomic mass is 10.2. The Morgan fingerprint density at radius 2 is 1.95 bits per heavy atom. The minimum Gasteiger partial charge on any atom is -0.343 e. The topological polar surface area (TPSA) is 75.3 Å². The van der Waals surface area contributed by atoms with E-state index >= 15 is 0 Å². The summed E-state index contributed by atoms with van der Waals surface area (Å²) < 4.78 is 61.1. The number of hydrogen-bond acceptors (Lipinski definition) is 3. The number of alkyl halides is 3. The van der Waals surface area contributed by atoms with Crippen LogP contribution in [-0.2, 0) is 10.0 Å². The maximum atomic E-state index is 12.0. The van der Waals surface area contributed by atoms with Gasteiger partial charge < -0.3 is 5.32 Å². The number of carbonyl (C=O) groups excluding carboxylic acids is 1. The average molecular weight is 331 g/mol. The van der Waals surface area contributed by atoms with E-state index in [1.807, 2.05) is 4.72 Å². The van der Waals surface area contributed by atoms with Crippen LogP contribution in [0.4, 0.5) is 13.2 Å². The van der Waals surface area contributed by atoms with Crippen LogP contribution in [0.1, 0.15) is 10.4 Å². The van der Waals surface area contributed by atoms with Crippen molar-refractivity contribution in [3.05, 3.63) is 28.8 Å². The third-order valence-corrected chi connectivity index (χ3v) is 3.95. The number of carbonyl (C=O) groups is 1. The Balaban J connectivity index is 3.06. The molecule has 0 heterocycles. The Hall–Kier alpha value is -1.32. The van der Waals surface area contributed by atoms with Gasteiger partial charge in [-0.2, -0.15) is 13.2 Å². The van der Waals surface area contributed by atoms with Crippen LogP contribution in [0, 0.1) is 0 Å². The molecule has 0 atom stereocenters. The normalized spacial score (nSPS) is 12.2. The van der Waals surface area contributed by atoms with Crippen molar-refractivity contribution >= 4 is 27.5 Å². The monoisotopic (exact) mass is 330 g/mol. The number of amides is 1. The molecule has 1 rings (SSSR count). The van der Waals surface area contributed by atoms with Crippen LogP contribution in [0.25, 0.3) is 0 Å². The molecule has 0 unspecified atom stereocenters. The van der Waals surface area contributed by atoms with Gasteiger partial charge in [-0.05, 0) is 25.2 Å². The lowest BCUT2D eigenvalue weighted by molar-refractivity contribution is -0.123. The summed E-state index contributed by atoms with van der Waals surface area (Å²) in [7, 11) is -2.67. The molecular weight excluding hydrogens is 321 g/mol. The van der Waals surface area contributed by atoms with Crippen LogP contribution in [0.3, 0.4) is 0 Å². The molecule has 0 bridgehead atoms. The molecule has 0 radical (unpaired) electrons. The van der Waals surface area contributed by atoms with E-state index in [-0.39, 0.29) is 15.5 Å². The van der Waals surface area contributed by atoms with Gasteiger partial charge in [-0.15, -0.1) is 0 Å². The molecule has 0 aliphatic rings. The summed E-state index contributed by atoms with van der Waals surface area (Å²) in [5.41, 5.74) is -0.354. The summed E-state index contributed by atoms with van der Waals surface area (Å²) in [5.74, 6) is -1.11. The SMILES string of the molecule is CNS(=O)(=O)c1ccc(Cl)c(C(=O)NCC(F)(F)F)c1. The first-order valence-corrected chi connectivity index (χ1v) is 7.01. The summed E-state index contributed by atoms with van der Waals surface area (Å²) in [4.78, 5) is 11.3. The maximum Gasteiger partial charge on any atom is 0.405 e. The van der Waals surface area contributed by atoms with E-state index in [1.54, 1.807) is 5.32 Å². The summed E-state index contributed by atoms with van der Waals surface area (Å²) in [5, 5.41) is 1.46. The highest BCUT2D eigenvalue weighted by atomic mass is 35.5. The van der Waals surface area contributed by atoms with E-state index in [9.17, 15) is 26.4 Å². The van der Waals surface area contributed by atoms with Crippen molar-refractivity contribution < 1.29 is 26.4 Å². The molecule has 10 heteroatoms. The van der Waals surface area contributed by atoms with Gasteiger partial charge in [-0.1, -0.05) is 11.6 Å². The van der Waals surface area contributed by atoms with E-state index in [2.05, 4.69) is 0 Å². The van der Waals surface area contributed by atoms with E-state index in [4.69, 9.17) is 11.6 Å². The molecule has 0 saturated heterocycles. The van der Waals surface area contributed by atoms with Gasteiger partial charge in [-0.3, -0.25) is 4.79 Å². The fourth-order valence-electron chi connectivity index (χ4n) is 1.24. The molecule has 2 N–H and O–H groups in total. The largest absolute Gasteiger partial charge is 0.405 e. The fourth-order valence-corrected chi connectivity index (χ4v) is 2.20. The first-order chi connectivity index (χ1) is 9.07. The van der Waals surface area contributed by atoms with Crippen molar-refractivity contribution in [2.75, 3.05) is 13.6 Å². The van der Waals surface area contributed by atoms with Crippen LogP contribution in [0.15, 0.2) is 23.1 Å². The molecule has 0 aliphatic carbocycles. The molecule has 5 nitrogen and oxygen atoms in total. The standard InChI is InChI=1S/C10H10ClF3N2O3S/c1-15-20(18,19)6-2-3-8(11)7(4-6)9(17)16-5-10(12,13)14/h2-4,15H,5H2,1H3,(H,16,17). The quantitative estimate of drug-likeness (QED) is 0.879. The fraction of sp³-hybridized carbons (Fsp3) is 0.300. The Kier molecular flexibility index (Phi) is 5.00. The third-order valence-electron chi connectivity index (χ3n) is 2.21. The molecule has 1 amide bonds. The van der Waals surface area contributed by atoms with Crippen molar-refractivity contribution in [3.8, 4) is 0 Å². The van der Waals surface area contributed by atoms with Crippen LogP contribution in [-0.4, -0.2) is 34.1 Å². The number of rotatable bonds is 4. The maximum absolute atomic E-state index is 12.0. The van der Waals surface area contributed by atoms with Crippen molar-refractivity contribution in [2.45, 2.75) is 11.1 Å². The molecule has 1 aromatic rings. The first-order valence-electron chi connectivity index (χ1n) is 5.15. The van der Waals surface area contributed by atoms with Gasteiger partial charge in [0.1, 0.15) is 6.54 Å². The predicted octanol–water partition coefficient (Wildman–Crippen LogP) is 1.54. The molecule has 0 aromatic heterocycles. The highest BCUT2D eigenvalue weighted by molar-refractivity contribution is 7.89. The van der Waals surface area contributed by atoms with Gasteiger partial charge in [0.05, 0.1) is 15.5 Å². The number of sulfonamides is 1. The van der Waals surface area contributed by atoms with Crippen molar-refractivity contribution in [1.82, 2.24) is 10.0 Å². The van der Waals surface area contributed by atoms with E-state index < -0.39 is 28.7 Å².